The lowest BCUT2D eigenvalue weighted by molar-refractivity contribution is -0.143. The number of aromatic nitrogens is 1. The molecule has 13 heteroatoms. The largest absolute Gasteiger partial charge is 0.467 e. The average molecular weight is 544 g/mol. The topological polar surface area (TPSA) is 76.6 Å². The van der Waals surface area contributed by atoms with Gasteiger partial charge in [0.25, 0.3) is 5.91 Å². The molecule has 0 aliphatic carbocycles. The molecule has 1 aliphatic rings. The van der Waals surface area contributed by atoms with Gasteiger partial charge in [-0.25, -0.2) is 13.4 Å². The van der Waals surface area contributed by atoms with Gasteiger partial charge in [-0.3, -0.25) is 4.79 Å². The van der Waals surface area contributed by atoms with E-state index in [-0.39, 0.29) is 40.1 Å². The minimum atomic E-state index is -5.04. The van der Waals surface area contributed by atoms with Crippen molar-refractivity contribution in [3.8, 4) is 17.0 Å². The second kappa shape index (κ2) is 9.36. The fraction of sp³-hybridized carbons (Fsp3) is 0.250. The van der Waals surface area contributed by atoms with Crippen molar-refractivity contribution in [3.05, 3.63) is 77.0 Å². The van der Waals surface area contributed by atoms with Gasteiger partial charge in [0.2, 0.25) is 5.88 Å². The molecule has 1 amide bonds. The summed E-state index contributed by atoms with van der Waals surface area (Å²) < 4.78 is 110. The van der Waals surface area contributed by atoms with Crippen LogP contribution in [0.5, 0.6) is 5.88 Å². The highest BCUT2D eigenvalue weighted by molar-refractivity contribution is 7.90. The molecule has 0 atom stereocenters. The Kier molecular flexibility index (Phi) is 6.69. The Hall–Kier alpha value is -3.61. The van der Waals surface area contributed by atoms with E-state index in [0.717, 1.165) is 11.2 Å². The number of sulfone groups is 1. The average Bonchev–Trinajstić information content (AvgIpc) is 2.96. The Labute approximate surface area is 207 Å². The molecular formula is C24H18F6N2O4S. The van der Waals surface area contributed by atoms with E-state index < -0.39 is 52.4 Å². The molecule has 0 spiro atoms. The van der Waals surface area contributed by atoms with Crippen LogP contribution < -0.4 is 4.74 Å². The van der Waals surface area contributed by atoms with E-state index in [1.165, 1.54) is 30.5 Å². The van der Waals surface area contributed by atoms with E-state index in [1.807, 2.05) is 0 Å². The predicted octanol–water partition coefficient (Wildman–Crippen LogP) is 5.11. The normalized spacial score (nSPS) is 14.7. The number of halogens is 6. The van der Waals surface area contributed by atoms with Crippen molar-refractivity contribution in [2.45, 2.75) is 30.3 Å². The number of rotatable bonds is 4. The lowest BCUT2D eigenvalue weighted by Gasteiger charge is -2.23. The molecule has 37 heavy (non-hydrogen) atoms. The smallest absolute Gasteiger partial charge is 0.416 e. The standard InChI is InChI=1S/C24H18F6N2O4S/c1-37(34,35)20-5-3-2-4-18(20)17-6-7-31-22-19(17)12-32(21(33)13-36-22)11-14-8-15(23(25,26)27)10-16(9-14)24(28,29)30/h2-10H,11-13H2,1H3. The van der Waals surface area contributed by atoms with Crippen LogP contribution in [-0.4, -0.2) is 37.1 Å². The van der Waals surface area contributed by atoms with Crippen molar-refractivity contribution in [1.82, 2.24) is 9.88 Å². The summed E-state index contributed by atoms with van der Waals surface area (Å²) in [5.41, 5.74) is -2.51. The molecule has 0 unspecified atom stereocenters. The number of alkyl halides is 6. The molecule has 0 fully saturated rings. The number of hydrogen-bond acceptors (Lipinski definition) is 5. The highest BCUT2D eigenvalue weighted by Crippen LogP contribution is 2.38. The molecule has 3 aromatic rings. The number of fused-ring (bicyclic) bond motifs is 1. The summed E-state index contributed by atoms with van der Waals surface area (Å²) in [4.78, 5) is 17.9. The minimum Gasteiger partial charge on any atom is -0.467 e. The summed E-state index contributed by atoms with van der Waals surface area (Å²) >= 11 is 0. The Morgan fingerprint density at radius 3 is 2.16 bits per heavy atom. The molecule has 2 aromatic carbocycles. The molecule has 0 saturated heterocycles. The third-order valence-corrected chi connectivity index (χ3v) is 6.80. The molecule has 1 aromatic heterocycles. The van der Waals surface area contributed by atoms with Gasteiger partial charge in [0.15, 0.2) is 16.4 Å². The first-order valence-electron chi connectivity index (χ1n) is 10.6. The van der Waals surface area contributed by atoms with Gasteiger partial charge < -0.3 is 9.64 Å². The first-order valence-corrected chi connectivity index (χ1v) is 12.5. The molecule has 1 aliphatic heterocycles. The van der Waals surface area contributed by atoms with Gasteiger partial charge in [-0.15, -0.1) is 0 Å². The van der Waals surface area contributed by atoms with Crippen molar-refractivity contribution in [2.24, 2.45) is 0 Å². The van der Waals surface area contributed by atoms with Gasteiger partial charge in [0.05, 0.1) is 22.6 Å². The third-order valence-electron chi connectivity index (χ3n) is 5.65. The van der Waals surface area contributed by atoms with Gasteiger partial charge in [0.1, 0.15) is 0 Å². The van der Waals surface area contributed by atoms with Gasteiger partial charge >= 0.3 is 12.4 Å². The van der Waals surface area contributed by atoms with E-state index in [2.05, 4.69) is 4.98 Å². The fourth-order valence-corrected chi connectivity index (χ4v) is 4.89. The fourth-order valence-electron chi connectivity index (χ4n) is 3.99. The Balaban J connectivity index is 1.79. The van der Waals surface area contributed by atoms with Gasteiger partial charge in [-0.1, -0.05) is 18.2 Å². The summed E-state index contributed by atoms with van der Waals surface area (Å²) in [5, 5.41) is 0. The van der Waals surface area contributed by atoms with E-state index in [0.29, 0.717) is 17.7 Å². The summed E-state index contributed by atoms with van der Waals surface area (Å²) in [7, 11) is -3.68. The Morgan fingerprint density at radius 1 is 0.946 bits per heavy atom. The van der Waals surface area contributed by atoms with Crippen LogP contribution in [0.1, 0.15) is 22.3 Å². The number of ether oxygens (including phenoxy) is 1. The van der Waals surface area contributed by atoms with Crippen LogP contribution in [0.2, 0.25) is 0 Å². The molecule has 0 saturated carbocycles. The van der Waals surface area contributed by atoms with Crippen molar-refractivity contribution in [2.75, 3.05) is 12.9 Å². The van der Waals surface area contributed by atoms with Crippen LogP contribution in [0.3, 0.4) is 0 Å². The SMILES string of the molecule is CS(=O)(=O)c1ccccc1-c1ccnc2c1CN(Cc1cc(C(F)(F)F)cc(C(F)(F)F)c1)C(=O)CO2. The highest BCUT2D eigenvalue weighted by atomic mass is 32.2. The van der Waals surface area contributed by atoms with Crippen molar-refractivity contribution in [3.63, 3.8) is 0 Å². The molecule has 4 rings (SSSR count). The number of benzene rings is 2. The summed E-state index contributed by atoms with van der Waals surface area (Å²) in [6.07, 6.45) is -7.72. The van der Waals surface area contributed by atoms with E-state index in [1.54, 1.807) is 6.07 Å². The molecule has 2 heterocycles. The Bertz CT molecular complexity index is 1440. The summed E-state index contributed by atoms with van der Waals surface area (Å²) in [5.74, 6) is -0.706. The van der Waals surface area contributed by atoms with Gasteiger partial charge in [-0.05, 0) is 41.5 Å². The number of nitrogens with zero attached hydrogens (tertiary/aromatic N) is 2. The molecule has 0 radical (unpaired) electrons. The number of amides is 1. The van der Waals surface area contributed by atoms with Crippen LogP contribution in [-0.2, 0) is 40.1 Å². The van der Waals surface area contributed by atoms with Crippen LogP contribution in [0.15, 0.2) is 59.6 Å². The summed E-state index contributed by atoms with van der Waals surface area (Å²) in [6.45, 7) is -1.45. The van der Waals surface area contributed by atoms with Crippen LogP contribution in [0.4, 0.5) is 26.3 Å². The first-order chi connectivity index (χ1) is 17.1. The first kappa shape index (κ1) is 26.5. The number of pyridine rings is 1. The number of hydrogen-bond donors (Lipinski definition) is 0. The van der Waals surface area contributed by atoms with Crippen LogP contribution in [0.25, 0.3) is 11.1 Å². The maximum atomic E-state index is 13.3. The van der Waals surface area contributed by atoms with Gasteiger partial charge in [0, 0.05) is 30.1 Å². The highest BCUT2D eigenvalue weighted by Gasteiger charge is 2.37. The maximum absolute atomic E-state index is 13.3. The maximum Gasteiger partial charge on any atom is 0.416 e. The molecular weight excluding hydrogens is 526 g/mol. The third kappa shape index (κ3) is 5.71. The lowest BCUT2D eigenvalue weighted by Crippen LogP contribution is -2.32. The molecule has 0 N–H and O–H groups in total. The second-order valence-electron chi connectivity index (χ2n) is 8.36. The number of carbonyl (C=O) groups excluding carboxylic acids is 1. The summed E-state index contributed by atoms with van der Waals surface area (Å²) in [6, 6.07) is 8.65. The minimum absolute atomic E-state index is 0.00308. The molecule has 0 bridgehead atoms. The number of carbonyl (C=O) groups is 1. The van der Waals surface area contributed by atoms with E-state index >= 15 is 0 Å². The van der Waals surface area contributed by atoms with Crippen molar-refractivity contribution >= 4 is 15.7 Å². The second-order valence-corrected chi connectivity index (χ2v) is 10.3. The zero-order valence-corrected chi connectivity index (χ0v) is 19.8. The van der Waals surface area contributed by atoms with Gasteiger partial charge in [-0.2, -0.15) is 26.3 Å². The zero-order valence-electron chi connectivity index (χ0n) is 19.0. The van der Waals surface area contributed by atoms with Crippen molar-refractivity contribution < 1.29 is 44.3 Å². The quantitative estimate of drug-likeness (QED) is 0.427. The molecule has 6 nitrogen and oxygen atoms in total. The van der Waals surface area contributed by atoms with Crippen molar-refractivity contribution in [1.29, 1.82) is 0 Å². The van der Waals surface area contributed by atoms with E-state index in [4.69, 9.17) is 4.74 Å². The zero-order chi connectivity index (χ0) is 27.2. The molecule has 196 valence electrons. The lowest BCUT2D eigenvalue weighted by atomic mass is 10.00. The monoisotopic (exact) mass is 544 g/mol. The Morgan fingerprint density at radius 2 is 1.57 bits per heavy atom. The van der Waals surface area contributed by atoms with E-state index in [9.17, 15) is 39.6 Å². The predicted molar refractivity (Wildman–Crippen MR) is 119 cm³/mol. The van der Waals surface area contributed by atoms with Crippen LogP contribution in [0, 0.1) is 0 Å². The van der Waals surface area contributed by atoms with Crippen LogP contribution >= 0.6 is 0 Å².